The smallest absolute Gasteiger partial charge is 0.0605 e. The molecule has 4 aliphatic rings. The Morgan fingerprint density at radius 3 is 2.60 bits per heavy atom. The summed E-state index contributed by atoms with van der Waals surface area (Å²) < 4.78 is 0. The van der Waals surface area contributed by atoms with Crippen molar-refractivity contribution in [1.29, 1.82) is 0 Å². The Bertz CT molecular complexity index is 294. The SMILES string of the molecule is Cl.N[C@@]12C[C@@H]3C/C(=N\O)[C@@H](C[C@@H](C3)C1)C2. The van der Waals surface area contributed by atoms with Crippen LogP contribution in [0.3, 0.4) is 0 Å². The third-order valence-electron chi connectivity index (χ3n) is 4.43. The number of oxime groups is 1. The molecule has 4 rings (SSSR count). The molecule has 3 nitrogen and oxygen atoms in total. The second-order valence-corrected chi connectivity index (χ2v) is 5.67. The highest BCUT2D eigenvalue weighted by atomic mass is 35.5. The fourth-order valence-electron chi connectivity index (χ4n) is 4.19. The van der Waals surface area contributed by atoms with E-state index >= 15 is 0 Å². The molecule has 0 aromatic carbocycles. The fourth-order valence-corrected chi connectivity index (χ4v) is 4.19. The lowest BCUT2D eigenvalue weighted by molar-refractivity contribution is 0.109. The Balaban J connectivity index is 0.000000853. The second kappa shape index (κ2) is 3.63. The summed E-state index contributed by atoms with van der Waals surface area (Å²) in [6, 6.07) is 0. The van der Waals surface area contributed by atoms with Gasteiger partial charge in [0.05, 0.1) is 5.71 Å². The van der Waals surface area contributed by atoms with Crippen molar-refractivity contribution in [3.63, 3.8) is 0 Å². The van der Waals surface area contributed by atoms with Crippen molar-refractivity contribution in [3.8, 4) is 0 Å². The Hall–Kier alpha value is -0.280. The van der Waals surface area contributed by atoms with Crippen LogP contribution in [0.4, 0.5) is 0 Å². The highest BCUT2D eigenvalue weighted by Crippen LogP contribution is 2.51. The van der Waals surface area contributed by atoms with Crippen molar-refractivity contribution in [2.75, 3.05) is 0 Å². The number of rotatable bonds is 0. The summed E-state index contributed by atoms with van der Waals surface area (Å²) in [6.07, 6.45) is 6.94. The highest BCUT2D eigenvalue weighted by molar-refractivity contribution is 5.87. The van der Waals surface area contributed by atoms with Crippen molar-refractivity contribution < 1.29 is 5.21 Å². The molecule has 0 spiro atoms. The minimum atomic E-state index is 0. The number of nitrogens with zero attached hydrogens (tertiary/aromatic N) is 1. The summed E-state index contributed by atoms with van der Waals surface area (Å²) in [4.78, 5) is 0. The van der Waals surface area contributed by atoms with Crippen LogP contribution in [0, 0.1) is 17.8 Å². The van der Waals surface area contributed by atoms with Gasteiger partial charge in [0.15, 0.2) is 0 Å². The van der Waals surface area contributed by atoms with Gasteiger partial charge in [0.25, 0.3) is 0 Å². The summed E-state index contributed by atoms with van der Waals surface area (Å²) in [5, 5.41) is 12.5. The molecule has 4 aliphatic carbocycles. The molecule has 0 radical (unpaired) electrons. The first kappa shape index (κ1) is 11.2. The summed E-state index contributed by atoms with van der Waals surface area (Å²) in [5.41, 5.74) is 7.51. The molecule has 4 atom stereocenters. The number of fused-ring (bicyclic) bond motifs is 1. The minimum Gasteiger partial charge on any atom is -0.411 e. The van der Waals surface area contributed by atoms with Crippen LogP contribution in [0.25, 0.3) is 0 Å². The van der Waals surface area contributed by atoms with Crippen LogP contribution in [-0.2, 0) is 0 Å². The van der Waals surface area contributed by atoms with Gasteiger partial charge < -0.3 is 10.9 Å². The summed E-state index contributed by atoms with van der Waals surface area (Å²) in [5.74, 6) is 1.98. The average molecular weight is 231 g/mol. The van der Waals surface area contributed by atoms with Crippen molar-refractivity contribution in [2.24, 2.45) is 28.6 Å². The first-order valence-corrected chi connectivity index (χ1v) is 5.68. The Kier molecular flexibility index (Phi) is 2.72. The second-order valence-electron chi connectivity index (χ2n) is 5.67. The van der Waals surface area contributed by atoms with Gasteiger partial charge in [-0.05, 0) is 50.4 Å². The zero-order valence-electron chi connectivity index (χ0n) is 8.85. The zero-order valence-corrected chi connectivity index (χ0v) is 9.67. The predicted octanol–water partition coefficient (Wildman–Crippen LogP) is 2.17. The van der Waals surface area contributed by atoms with Crippen LogP contribution in [0.5, 0.6) is 0 Å². The van der Waals surface area contributed by atoms with Crippen LogP contribution in [0.2, 0.25) is 0 Å². The minimum absolute atomic E-state index is 0. The molecule has 0 aromatic rings. The van der Waals surface area contributed by atoms with Crippen LogP contribution in [0.15, 0.2) is 5.16 Å². The molecule has 4 saturated carbocycles. The van der Waals surface area contributed by atoms with Gasteiger partial charge in [-0.15, -0.1) is 12.4 Å². The third-order valence-corrected chi connectivity index (χ3v) is 4.43. The van der Waals surface area contributed by atoms with Gasteiger partial charge in [-0.25, -0.2) is 0 Å². The van der Waals surface area contributed by atoms with Crippen LogP contribution < -0.4 is 5.73 Å². The van der Waals surface area contributed by atoms with Gasteiger partial charge in [0, 0.05) is 11.5 Å². The number of halogens is 1. The Morgan fingerprint density at radius 1 is 1.20 bits per heavy atom. The van der Waals surface area contributed by atoms with Crippen molar-refractivity contribution in [1.82, 2.24) is 0 Å². The lowest BCUT2D eigenvalue weighted by Crippen LogP contribution is -2.50. The zero-order chi connectivity index (χ0) is 9.76. The largest absolute Gasteiger partial charge is 0.411 e. The van der Waals surface area contributed by atoms with Gasteiger partial charge >= 0.3 is 0 Å². The lowest BCUT2D eigenvalue weighted by Gasteiger charge is -2.45. The molecule has 0 heterocycles. The number of nitrogens with two attached hydrogens (primary N) is 1. The molecule has 4 heteroatoms. The summed E-state index contributed by atoms with van der Waals surface area (Å²) >= 11 is 0. The first-order chi connectivity index (χ1) is 6.68. The maximum absolute atomic E-state index is 9.00. The molecule has 4 fully saturated rings. The maximum Gasteiger partial charge on any atom is 0.0605 e. The standard InChI is InChI=1S/C11H18N2O.ClH/c12-11-4-7-1-8(5-11)3-10(13-14)9(2-7)6-11;/h7-9,14H,1-6,12H2;1H/b13-10+;/t7-,8+,9+,11-;/m1./s1. The molecule has 0 saturated heterocycles. The van der Waals surface area contributed by atoms with E-state index in [0.717, 1.165) is 30.9 Å². The number of hydrogen-bond acceptors (Lipinski definition) is 3. The van der Waals surface area contributed by atoms with Gasteiger partial charge in [0.2, 0.25) is 0 Å². The molecule has 3 N–H and O–H groups in total. The maximum atomic E-state index is 9.00. The van der Waals surface area contributed by atoms with E-state index < -0.39 is 0 Å². The Morgan fingerprint density at radius 2 is 1.93 bits per heavy atom. The summed E-state index contributed by atoms with van der Waals surface area (Å²) in [6.45, 7) is 0. The van der Waals surface area contributed by atoms with E-state index in [1.165, 1.54) is 19.3 Å². The molecule has 4 bridgehead atoms. The fraction of sp³-hybridized carbons (Fsp3) is 0.909. The van der Waals surface area contributed by atoms with Gasteiger partial charge in [-0.1, -0.05) is 5.16 Å². The topological polar surface area (TPSA) is 58.6 Å². The Labute approximate surface area is 96.5 Å². The van der Waals surface area contributed by atoms with Crippen LogP contribution in [0.1, 0.15) is 38.5 Å². The molecular weight excluding hydrogens is 212 g/mol. The van der Waals surface area contributed by atoms with E-state index in [2.05, 4.69) is 5.16 Å². The van der Waals surface area contributed by atoms with E-state index in [1.807, 2.05) is 0 Å². The van der Waals surface area contributed by atoms with E-state index in [-0.39, 0.29) is 17.9 Å². The van der Waals surface area contributed by atoms with Gasteiger partial charge in [-0.3, -0.25) is 0 Å². The first-order valence-electron chi connectivity index (χ1n) is 5.68. The molecular formula is C11H19ClN2O. The molecule has 0 unspecified atom stereocenters. The van der Waals surface area contributed by atoms with Gasteiger partial charge in [-0.2, -0.15) is 0 Å². The number of hydrogen-bond donors (Lipinski definition) is 2. The molecule has 0 aromatic heterocycles. The summed E-state index contributed by atoms with van der Waals surface area (Å²) in [7, 11) is 0. The molecule has 0 aliphatic heterocycles. The van der Waals surface area contributed by atoms with Crippen molar-refractivity contribution in [3.05, 3.63) is 0 Å². The van der Waals surface area contributed by atoms with E-state index in [9.17, 15) is 0 Å². The molecule has 0 amide bonds. The van der Waals surface area contributed by atoms with Crippen molar-refractivity contribution in [2.45, 2.75) is 44.1 Å². The van der Waals surface area contributed by atoms with Gasteiger partial charge in [0.1, 0.15) is 0 Å². The predicted molar refractivity (Wildman–Crippen MR) is 61.6 cm³/mol. The molecule has 86 valence electrons. The average Bonchev–Trinajstić information content (AvgIpc) is 2.26. The third kappa shape index (κ3) is 1.76. The van der Waals surface area contributed by atoms with Crippen LogP contribution in [-0.4, -0.2) is 16.5 Å². The monoisotopic (exact) mass is 230 g/mol. The normalized spacial score (nSPS) is 50.2. The lowest BCUT2D eigenvalue weighted by atomic mass is 9.63. The van der Waals surface area contributed by atoms with E-state index in [4.69, 9.17) is 10.9 Å². The quantitative estimate of drug-likeness (QED) is 0.495. The molecule has 15 heavy (non-hydrogen) atoms. The van der Waals surface area contributed by atoms with Crippen molar-refractivity contribution >= 4 is 18.1 Å². The highest BCUT2D eigenvalue weighted by Gasteiger charge is 2.48. The van der Waals surface area contributed by atoms with Crippen LogP contribution >= 0.6 is 12.4 Å². The van der Waals surface area contributed by atoms with E-state index in [1.54, 1.807) is 0 Å². The van der Waals surface area contributed by atoms with E-state index in [0.29, 0.717) is 11.8 Å².